The standard InChI is InChI=1S/C19H22BrFN2O4/c1-19(2,3)27-23-16(11-5-6-15(21)14(20)8-11)17-18(25)12(10-26-4)7-13(9-24)22-17/h5-8,24-25H,9-10H2,1-4H3/b23-16-. The lowest BCUT2D eigenvalue weighted by Crippen LogP contribution is -2.18. The molecule has 1 aromatic carbocycles. The van der Waals surface area contributed by atoms with Gasteiger partial charge in [0.05, 0.1) is 23.4 Å². The minimum atomic E-state index is -0.595. The Kier molecular flexibility index (Phi) is 6.91. The van der Waals surface area contributed by atoms with Crippen molar-refractivity contribution in [2.45, 2.75) is 39.6 Å². The molecule has 2 N–H and O–H groups in total. The third kappa shape index (κ3) is 5.47. The van der Waals surface area contributed by atoms with Crippen LogP contribution in [0.1, 0.15) is 43.3 Å². The first-order valence-corrected chi connectivity index (χ1v) is 8.99. The molecule has 0 aliphatic heterocycles. The summed E-state index contributed by atoms with van der Waals surface area (Å²) in [6.07, 6.45) is 0. The van der Waals surface area contributed by atoms with Crippen LogP contribution >= 0.6 is 15.9 Å². The highest BCUT2D eigenvalue weighted by atomic mass is 79.9. The average Bonchev–Trinajstić information content (AvgIpc) is 2.60. The van der Waals surface area contributed by atoms with Crippen LogP contribution in [0.3, 0.4) is 0 Å². The number of halogens is 2. The van der Waals surface area contributed by atoms with E-state index in [1.165, 1.54) is 25.3 Å². The van der Waals surface area contributed by atoms with Gasteiger partial charge in [-0.1, -0.05) is 5.16 Å². The zero-order valence-electron chi connectivity index (χ0n) is 15.6. The summed E-state index contributed by atoms with van der Waals surface area (Å²) in [6.45, 7) is 5.26. The molecule has 0 atom stereocenters. The van der Waals surface area contributed by atoms with E-state index in [1.807, 2.05) is 20.8 Å². The molecule has 8 heteroatoms. The zero-order valence-corrected chi connectivity index (χ0v) is 17.2. The average molecular weight is 441 g/mol. The molecule has 1 aromatic heterocycles. The summed E-state index contributed by atoms with van der Waals surface area (Å²) in [4.78, 5) is 9.82. The molecule has 1 heterocycles. The van der Waals surface area contributed by atoms with E-state index in [9.17, 15) is 14.6 Å². The van der Waals surface area contributed by atoms with Crippen molar-refractivity contribution in [1.29, 1.82) is 0 Å². The Labute approximate surface area is 165 Å². The fraction of sp³-hybridized carbons (Fsp3) is 0.368. The highest BCUT2D eigenvalue weighted by Crippen LogP contribution is 2.28. The van der Waals surface area contributed by atoms with Gasteiger partial charge < -0.3 is 19.8 Å². The first-order chi connectivity index (χ1) is 12.7. The monoisotopic (exact) mass is 440 g/mol. The number of benzene rings is 1. The highest BCUT2D eigenvalue weighted by Gasteiger charge is 2.21. The van der Waals surface area contributed by atoms with E-state index in [0.717, 1.165) is 0 Å². The van der Waals surface area contributed by atoms with Crippen molar-refractivity contribution in [3.63, 3.8) is 0 Å². The molecule has 0 saturated carbocycles. The van der Waals surface area contributed by atoms with Gasteiger partial charge >= 0.3 is 0 Å². The summed E-state index contributed by atoms with van der Waals surface area (Å²) in [6, 6.07) is 5.84. The Morgan fingerprint density at radius 1 is 1.30 bits per heavy atom. The Morgan fingerprint density at radius 2 is 2.00 bits per heavy atom. The Morgan fingerprint density at radius 3 is 2.56 bits per heavy atom. The number of oxime groups is 1. The number of pyridine rings is 1. The molecule has 0 saturated heterocycles. The second-order valence-corrected chi connectivity index (χ2v) is 7.69. The van der Waals surface area contributed by atoms with Gasteiger partial charge in [0.15, 0.2) is 0 Å². The number of nitrogens with zero attached hydrogens (tertiary/aromatic N) is 2. The van der Waals surface area contributed by atoms with Crippen molar-refractivity contribution < 1.29 is 24.2 Å². The lowest BCUT2D eigenvalue weighted by molar-refractivity contribution is 0.00110. The summed E-state index contributed by atoms with van der Waals surface area (Å²) in [5.74, 6) is -0.582. The maximum atomic E-state index is 13.7. The number of aliphatic hydroxyl groups excluding tert-OH is 1. The SMILES string of the molecule is COCc1cc(CO)nc(/C(=N\OC(C)(C)C)c2ccc(F)c(Br)c2)c1O. The maximum absolute atomic E-state index is 13.7. The van der Waals surface area contributed by atoms with Crippen LogP contribution in [0.15, 0.2) is 33.9 Å². The predicted octanol–water partition coefficient (Wildman–Crippen LogP) is 3.90. The molecule has 2 rings (SSSR count). The third-order valence-corrected chi connectivity index (χ3v) is 4.02. The van der Waals surface area contributed by atoms with Crippen LogP contribution < -0.4 is 0 Å². The largest absolute Gasteiger partial charge is 0.505 e. The van der Waals surface area contributed by atoms with Crippen molar-refractivity contribution in [2.24, 2.45) is 5.16 Å². The molecule has 0 radical (unpaired) electrons. The maximum Gasteiger partial charge on any atom is 0.149 e. The highest BCUT2D eigenvalue weighted by molar-refractivity contribution is 9.10. The Hall–Kier alpha value is -2.03. The van der Waals surface area contributed by atoms with Crippen LogP contribution in [0, 0.1) is 5.82 Å². The fourth-order valence-corrected chi connectivity index (χ4v) is 2.60. The van der Waals surface area contributed by atoms with Gasteiger partial charge in [0, 0.05) is 18.2 Å². The molecule has 6 nitrogen and oxygen atoms in total. The predicted molar refractivity (Wildman–Crippen MR) is 103 cm³/mol. The summed E-state index contributed by atoms with van der Waals surface area (Å²) in [5, 5.41) is 24.4. The van der Waals surface area contributed by atoms with Crippen LogP contribution in [0.2, 0.25) is 0 Å². The molecule has 146 valence electrons. The van der Waals surface area contributed by atoms with Crippen molar-refractivity contribution in [3.05, 3.63) is 57.1 Å². The molecule has 0 aliphatic carbocycles. The molecule has 0 aliphatic rings. The van der Waals surface area contributed by atoms with E-state index >= 15 is 0 Å². The normalized spacial score (nSPS) is 12.3. The van der Waals surface area contributed by atoms with E-state index in [0.29, 0.717) is 16.8 Å². The van der Waals surface area contributed by atoms with Crippen LogP contribution in [0.5, 0.6) is 5.75 Å². The molecular weight excluding hydrogens is 419 g/mol. The van der Waals surface area contributed by atoms with E-state index < -0.39 is 11.4 Å². The van der Waals surface area contributed by atoms with Gasteiger partial charge in [-0.3, -0.25) is 0 Å². The van der Waals surface area contributed by atoms with Crippen molar-refractivity contribution >= 4 is 21.6 Å². The van der Waals surface area contributed by atoms with Gasteiger partial charge in [-0.25, -0.2) is 9.37 Å². The number of ether oxygens (including phenoxy) is 1. The molecule has 0 unspecified atom stereocenters. The van der Waals surface area contributed by atoms with Crippen molar-refractivity contribution in [2.75, 3.05) is 7.11 Å². The molecular formula is C19H22BrFN2O4. The van der Waals surface area contributed by atoms with E-state index in [1.54, 1.807) is 6.07 Å². The van der Waals surface area contributed by atoms with Gasteiger partial charge in [0.25, 0.3) is 0 Å². The quantitative estimate of drug-likeness (QED) is 0.525. The van der Waals surface area contributed by atoms with E-state index in [4.69, 9.17) is 9.57 Å². The summed E-state index contributed by atoms with van der Waals surface area (Å²) in [7, 11) is 1.49. The first kappa shape index (κ1) is 21.3. The fourth-order valence-electron chi connectivity index (χ4n) is 2.22. The van der Waals surface area contributed by atoms with Gasteiger partial charge in [-0.2, -0.15) is 0 Å². The molecule has 2 aromatic rings. The van der Waals surface area contributed by atoms with Crippen molar-refractivity contribution in [3.8, 4) is 5.75 Å². The van der Waals surface area contributed by atoms with Gasteiger partial charge in [0.2, 0.25) is 0 Å². The van der Waals surface area contributed by atoms with Crippen LogP contribution in [-0.2, 0) is 22.8 Å². The van der Waals surface area contributed by atoms with E-state index in [2.05, 4.69) is 26.1 Å². The second-order valence-electron chi connectivity index (χ2n) is 6.83. The minimum absolute atomic E-state index is 0.108. The number of hydrogen-bond donors (Lipinski definition) is 2. The summed E-state index contributed by atoms with van der Waals surface area (Å²) >= 11 is 3.15. The summed E-state index contributed by atoms with van der Waals surface area (Å²) in [5.41, 5.74) is 0.971. The topological polar surface area (TPSA) is 84.2 Å². The van der Waals surface area contributed by atoms with Crippen molar-refractivity contribution in [1.82, 2.24) is 4.98 Å². The first-order valence-electron chi connectivity index (χ1n) is 8.19. The number of rotatable bonds is 6. The number of hydrogen-bond acceptors (Lipinski definition) is 6. The van der Waals surface area contributed by atoms with Crippen LogP contribution in [0.4, 0.5) is 4.39 Å². The van der Waals surface area contributed by atoms with Gasteiger partial charge in [-0.15, -0.1) is 0 Å². The van der Waals surface area contributed by atoms with Crippen LogP contribution in [0.25, 0.3) is 0 Å². The summed E-state index contributed by atoms with van der Waals surface area (Å²) < 4.78 is 19.0. The van der Waals surface area contributed by atoms with Gasteiger partial charge in [0.1, 0.15) is 28.6 Å². The Bertz CT molecular complexity index is 850. The van der Waals surface area contributed by atoms with Gasteiger partial charge in [-0.05, 0) is 61.0 Å². The minimum Gasteiger partial charge on any atom is -0.505 e. The van der Waals surface area contributed by atoms with E-state index in [-0.39, 0.29) is 34.8 Å². The lowest BCUT2D eigenvalue weighted by atomic mass is 10.0. The molecule has 27 heavy (non-hydrogen) atoms. The number of aromatic nitrogens is 1. The molecule has 0 fully saturated rings. The third-order valence-electron chi connectivity index (χ3n) is 3.41. The molecule has 0 bridgehead atoms. The smallest absolute Gasteiger partial charge is 0.149 e. The number of aromatic hydroxyl groups is 1. The molecule has 0 spiro atoms. The lowest BCUT2D eigenvalue weighted by Gasteiger charge is -2.18. The zero-order chi connectivity index (χ0) is 20.2. The Balaban J connectivity index is 2.69. The van der Waals surface area contributed by atoms with Crippen LogP contribution in [-0.4, -0.2) is 33.6 Å². The number of aliphatic hydroxyl groups is 1. The number of methoxy groups -OCH3 is 1. The molecule has 0 amide bonds. The second kappa shape index (κ2) is 8.77.